The molecule has 0 saturated heterocycles. The maximum absolute atomic E-state index is 13.6. The van der Waals surface area contributed by atoms with E-state index in [-0.39, 0.29) is 37.4 Å². The Labute approximate surface area is 261 Å². The number of carbonyl (C=O) groups excluding carboxylic acids is 3. The fraction of sp³-hybridized carbons (Fsp3) is 0.844. The number of rotatable bonds is 24. The van der Waals surface area contributed by atoms with Crippen LogP contribution in [0.15, 0.2) is 12.7 Å². The largest absolute Gasteiger partial charge is 0.466 e. The monoisotopic (exact) mass is 644 g/mol. The molecule has 0 aromatic rings. The van der Waals surface area contributed by atoms with Crippen molar-refractivity contribution in [3.63, 3.8) is 0 Å². The van der Waals surface area contributed by atoms with Crippen molar-refractivity contribution < 1.29 is 32.7 Å². The van der Waals surface area contributed by atoms with Crippen molar-refractivity contribution in [1.29, 1.82) is 0 Å². The zero-order valence-electron chi connectivity index (χ0n) is 29.0. The molecule has 0 bridgehead atoms. The van der Waals surface area contributed by atoms with Gasteiger partial charge in [-0.15, -0.1) is 6.58 Å². The van der Waals surface area contributed by atoms with E-state index in [9.17, 15) is 14.4 Å². The highest BCUT2D eigenvalue weighted by Crippen LogP contribution is 2.33. The second-order valence-electron chi connectivity index (χ2n) is 13.4. The Morgan fingerprint density at radius 2 is 1.36 bits per heavy atom. The van der Waals surface area contributed by atoms with E-state index in [1.165, 1.54) is 6.92 Å². The highest BCUT2D eigenvalue weighted by Gasteiger charge is 2.40. The number of ether oxygens (including phenoxy) is 2. The van der Waals surface area contributed by atoms with Crippen LogP contribution in [0.4, 0.5) is 0 Å². The van der Waals surface area contributed by atoms with E-state index in [1.54, 1.807) is 0 Å². The smallest absolute Gasteiger partial charge is 0.308 e. The van der Waals surface area contributed by atoms with E-state index in [1.807, 2.05) is 13.0 Å². The van der Waals surface area contributed by atoms with Crippen LogP contribution in [0.3, 0.4) is 0 Å². The lowest BCUT2D eigenvalue weighted by Gasteiger charge is -2.40. The van der Waals surface area contributed by atoms with Gasteiger partial charge in [0.25, 0.3) is 0 Å². The number of esters is 2. The van der Waals surface area contributed by atoms with Crippen LogP contribution >= 0.6 is 0 Å². The lowest BCUT2D eigenvalue weighted by atomic mass is 9.92. The van der Waals surface area contributed by atoms with Gasteiger partial charge in [0.1, 0.15) is 11.9 Å². The van der Waals surface area contributed by atoms with Crippen molar-refractivity contribution in [2.24, 2.45) is 0 Å². The first-order valence-electron chi connectivity index (χ1n) is 16.3. The Morgan fingerprint density at radius 1 is 0.833 bits per heavy atom. The summed E-state index contributed by atoms with van der Waals surface area (Å²) in [5.74, 6) is -0.781. The van der Waals surface area contributed by atoms with Crippen LogP contribution in [0.5, 0.6) is 0 Å². The number of hydrogen-bond donors (Lipinski definition) is 0. The van der Waals surface area contributed by atoms with Gasteiger partial charge >= 0.3 is 11.9 Å². The number of hydrogen-bond acceptors (Lipinski definition) is 7. The molecule has 0 aliphatic rings. The van der Waals surface area contributed by atoms with Gasteiger partial charge < -0.3 is 18.3 Å². The van der Waals surface area contributed by atoms with Gasteiger partial charge in [-0.2, -0.15) is 0 Å². The zero-order chi connectivity index (χ0) is 32.6. The molecule has 3 unspecified atom stereocenters. The predicted octanol–water partition coefficient (Wildman–Crippen LogP) is 8.68. The van der Waals surface area contributed by atoms with Crippen molar-refractivity contribution in [3.8, 4) is 0 Å². The molecule has 0 aromatic heterocycles. The summed E-state index contributed by atoms with van der Waals surface area (Å²) in [6.07, 6.45) is 1.85. The van der Waals surface area contributed by atoms with Gasteiger partial charge in [-0.1, -0.05) is 67.3 Å². The second-order valence-corrected chi connectivity index (χ2v) is 28.4. The van der Waals surface area contributed by atoms with E-state index < -0.39 is 48.5 Å². The summed E-state index contributed by atoms with van der Waals surface area (Å²) >= 11 is 0. The number of ketones is 1. The van der Waals surface area contributed by atoms with Crippen LogP contribution in [0.25, 0.3) is 0 Å². The minimum absolute atomic E-state index is 0.0294. The second kappa shape index (κ2) is 19.3. The molecule has 0 heterocycles. The van der Waals surface area contributed by atoms with Crippen molar-refractivity contribution in [3.05, 3.63) is 12.7 Å². The number of carbonyl (C=O) groups is 3. The highest BCUT2D eigenvalue weighted by molar-refractivity contribution is 6.76. The first-order valence-corrected chi connectivity index (χ1v) is 25.1. The summed E-state index contributed by atoms with van der Waals surface area (Å²) in [6, 6.07) is 6.64. The highest BCUT2D eigenvalue weighted by atomic mass is 28.4. The fourth-order valence-electron chi connectivity index (χ4n) is 5.63. The van der Waals surface area contributed by atoms with E-state index >= 15 is 0 Å². The van der Waals surface area contributed by atoms with Crippen LogP contribution in [-0.2, 0) is 32.7 Å². The van der Waals surface area contributed by atoms with Crippen LogP contribution in [-0.4, -0.2) is 66.8 Å². The molecule has 246 valence electrons. The molecule has 7 nitrogen and oxygen atoms in total. The molecule has 42 heavy (non-hydrogen) atoms. The Hall–Kier alpha value is -1.08. The molecule has 0 radical (unpaired) electrons. The summed E-state index contributed by atoms with van der Waals surface area (Å²) in [7, 11) is -5.42. The Bertz CT molecular complexity index is 818. The summed E-state index contributed by atoms with van der Waals surface area (Å²) in [6.45, 7) is 27.4. The minimum Gasteiger partial charge on any atom is -0.466 e. The Balaban J connectivity index is 5.95. The average molecular weight is 645 g/mol. The summed E-state index contributed by atoms with van der Waals surface area (Å²) in [4.78, 5) is 38.6. The summed E-state index contributed by atoms with van der Waals surface area (Å²) in [5.41, 5.74) is -0.654. The normalized spacial score (nSPS) is 15.4. The van der Waals surface area contributed by atoms with E-state index in [4.69, 9.17) is 18.3 Å². The average Bonchev–Trinajstić information content (AvgIpc) is 2.89. The molecular weight excluding hydrogens is 581 g/mol. The van der Waals surface area contributed by atoms with Gasteiger partial charge in [-0.25, -0.2) is 0 Å². The summed E-state index contributed by atoms with van der Waals surface area (Å²) < 4.78 is 24.9. The molecule has 0 aromatic carbocycles. The molecule has 3 atom stereocenters. The summed E-state index contributed by atoms with van der Waals surface area (Å²) in [5, 5.41) is 0. The van der Waals surface area contributed by atoms with Gasteiger partial charge in [0.05, 0.1) is 24.7 Å². The van der Waals surface area contributed by atoms with Crippen LogP contribution < -0.4 is 0 Å². The minimum atomic E-state index is -2.10. The van der Waals surface area contributed by atoms with Gasteiger partial charge in [-0.05, 0) is 55.7 Å². The molecule has 0 amide bonds. The van der Waals surface area contributed by atoms with Crippen molar-refractivity contribution in [1.82, 2.24) is 0 Å². The van der Waals surface area contributed by atoms with E-state index in [0.717, 1.165) is 42.3 Å². The molecule has 0 N–H and O–H groups in total. The molecular formula is C32H64O7Si3. The number of Topliss-reactive ketones (excluding diaryl/α,β-unsaturated/α-hetero) is 1. The van der Waals surface area contributed by atoms with Crippen molar-refractivity contribution in [2.75, 3.05) is 6.61 Å². The third-order valence-electron chi connectivity index (χ3n) is 8.72. The predicted molar refractivity (Wildman–Crippen MR) is 182 cm³/mol. The molecule has 0 spiro atoms. The van der Waals surface area contributed by atoms with Crippen LogP contribution in [0, 0.1) is 0 Å². The lowest BCUT2D eigenvalue weighted by molar-refractivity contribution is -0.150. The first kappa shape index (κ1) is 40.9. The molecule has 10 heteroatoms. The van der Waals surface area contributed by atoms with Gasteiger partial charge in [0.15, 0.2) is 16.6 Å². The van der Waals surface area contributed by atoms with Crippen molar-refractivity contribution in [2.45, 2.75) is 167 Å². The maximum atomic E-state index is 13.6. The standard InChI is InChI=1S/C32H64O7Si3/c1-13-20-32(9,39-42(17-5,18-6)19-7)26-28(34)23-29(37-27(8)33)24-30(38-41(14-2,15-3)16-4)25-31(35)36-21-22-40(10,11)12/h13,29-30H,1,14-26H2,2-12H3. The Morgan fingerprint density at radius 3 is 1.79 bits per heavy atom. The third-order valence-corrected chi connectivity index (χ3v) is 19.9. The van der Waals surface area contributed by atoms with Crippen molar-refractivity contribution >= 4 is 42.4 Å². The molecule has 0 fully saturated rings. The zero-order valence-corrected chi connectivity index (χ0v) is 32.0. The van der Waals surface area contributed by atoms with E-state index in [2.05, 4.69) is 67.8 Å². The molecule has 0 saturated carbocycles. The molecule has 0 rings (SSSR count). The maximum Gasteiger partial charge on any atom is 0.308 e. The van der Waals surface area contributed by atoms with E-state index in [0.29, 0.717) is 13.0 Å². The first-order chi connectivity index (χ1) is 19.5. The lowest BCUT2D eigenvalue weighted by Crippen LogP contribution is -2.47. The van der Waals surface area contributed by atoms with Crippen LogP contribution in [0.2, 0.25) is 61.9 Å². The SMILES string of the molecule is C=CCC(C)(CC(=O)CC(CC(CC(=O)OCC[Si](C)(C)C)O[Si](CC)(CC)CC)OC(C)=O)O[Si](CC)(CC)CC. The molecule has 0 aliphatic carbocycles. The topological polar surface area (TPSA) is 88.1 Å². The Kier molecular flexibility index (Phi) is 18.8. The van der Waals surface area contributed by atoms with Gasteiger partial charge in [0, 0.05) is 34.3 Å². The van der Waals surface area contributed by atoms with Gasteiger partial charge in [0.2, 0.25) is 0 Å². The molecule has 0 aliphatic heterocycles. The fourth-order valence-corrected chi connectivity index (χ4v) is 12.4. The van der Waals surface area contributed by atoms with Crippen LogP contribution in [0.1, 0.15) is 87.5 Å². The third kappa shape index (κ3) is 15.6. The van der Waals surface area contributed by atoms with Gasteiger partial charge in [-0.3, -0.25) is 14.4 Å². The quantitative estimate of drug-likeness (QED) is 0.0590.